The highest BCUT2D eigenvalue weighted by atomic mass is 16.6. The van der Waals surface area contributed by atoms with Crippen LogP contribution in [0.5, 0.6) is 0 Å². The summed E-state index contributed by atoms with van der Waals surface area (Å²) in [5.74, 6) is -0.987. The van der Waals surface area contributed by atoms with E-state index in [1.165, 1.54) is 19.3 Å². The van der Waals surface area contributed by atoms with E-state index in [4.69, 9.17) is 14.2 Å². The first-order chi connectivity index (χ1) is 32.0. The van der Waals surface area contributed by atoms with E-state index >= 15 is 0 Å². The van der Waals surface area contributed by atoms with Gasteiger partial charge >= 0.3 is 17.9 Å². The van der Waals surface area contributed by atoms with Gasteiger partial charge in [0, 0.05) is 19.3 Å². The average Bonchev–Trinajstić information content (AvgIpc) is 3.30. The minimum absolute atomic E-state index is 0.110. The number of unbranched alkanes of at least 4 members (excludes halogenated alkanes) is 14. The molecule has 65 heavy (non-hydrogen) atoms. The minimum Gasteiger partial charge on any atom is -0.462 e. The van der Waals surface area contributed by atoms with Crippen molar-refractivity contribution in [3.05, 3.63) is 122 Å². The third kappa shape index (κ3) is 50.7. The van der Waals surface area contributed by atoms with E-state index in [0.717, 1.165) is 148 Å². The standard InChI is InChI=1S/C59H94O6/c1-4-7-10-13-16-19-22-25-27-28-29-30-32-34-37-40-43-46-49-52-58(61)64-55-56(54-63-57(60)51-48-45-42-39-36-33-24-21-18-15-12-9-6-3)65-59(62)53-50-47-44-41-38-35-31-26-23-20-17-14-11-8-5-2/h7-8,10-12,15-17,19-21,24-27,29-31,38,41,56H,4-6,9,13-14,18,22-23,28,32-37,39-40,42-55H2,1-3H3/b10-7-,11-8-,15-12-,19-16-,20-17-,24-21-,27-25-,30-29-,31-26-,41-38-. The zero-order valence-electron chi connectivity index (χ0n) is 41.7. The third-order valence-corrected chi connectivity index (χ3v) is 10.4. The quantitative estimate of drug-likeness (QED) is 0.0262. The molecule has 0 aliphatic carbocycles. The molecule has 0 spiro atoms. The van der Waals surface area contributed by atoms with Gasteiger partial charge in [-0.1, -0.05) is 194 Å². The lowest BCUT2D eigenvalue weighted by molar-refractivity contribution is -0.167. The molecular weight excluding hydrogens is 805 g/mol. The van der Waals surface area contributed by atoms with Gasteiger partial charge in [-0.3, -0.25) is 14.4 Å². The zero-order chi connectivity index (χ0) is 47.2. The van der Waals surface area contributed by atoms with Crippen molar-refractivity contribution >= 4 is 17.9 Å². The summed E-state index contributed by atoms with van der Waals surface area (Å²) in [6.45, 7) is 6.27. The highest BCUT2D eigenvalue weighted by Gasteiger charge is 2.19. The second kappa shape index (κ2) is 52.4. The largest absolute Gasteiger partial charge is 0.462 e. The number of carbonyl (C=O) groups is 3. The summed E-state index contributed by atoms with van der Waals surface area (Å²) in [7, 11) is 0. The Kier molecular flexibility index (Phi) is 49.1. The first kappa shape index (κ1) is 60.8. The van der Waals surface area contributed by atoms with Gasteiger partial charge in [-0.2, -0.15) is 0 Å². The van der Waals surface area contributed by atoms with Gasteiger partial charge in [-0.25, -0.2) is 0 Å². The van der Waals surface area contributed by atoms with E-state index in [2.05, 4.69) is 142 Å². The van der Waals surface area contributed by atoms with Gasteiger partial charge in [-0.15, -0.1) is 0 Å². The zero-order valence-corrected chi connectivity index (χ0v) is 41.7. The van der Waals surface area contributed by atoms with Crippen LogP contribution in [0.25, 0.3) is 0 Å². The second-order valence-electron chi connectivity index (χ2n) is 16.7. The van der Waals surface area contributed by atoms with Crippen LogP contribution in [0.15, 0.2) is 122 Å². The first-order valence-corrected chi connectivity index (χ1v) is 26.0. The van der Waals surface area contributed by atoms with E-state index in [9.17, 15) is 14.4 Å². The molecule has 366 valence electrons. The molecule has 0 rings (SSSR count). The molecule has 6 nitrogen and oxygen atoms in total. The Hall–Kier alpha value is -4.19. The maximum absolute atomic E-state index is 12.8. The van der Waals surface area contributed by atoms with E-state index in [0.29, 0.717) is 19.3 Å². The highest BCUT2D eigenvalue weighted by Crippen LogP contribution is 2.13. The first-order valence-electron chi connectivity index (χ1n) is 26.0. The summed E-state index contributed by atoms with van der Waals surface area (Å²) < 4.78 is 16.7. The summed E-state index contributed by atoms with van der Waals surface area (Å²) in [5, 5.41) is 0. The topological polar surface area (TPSA) is 78.9 Å². The van der Waals surface area contributed by atoms with Crippen LogP contribution in [0.2, 0.25) is 0 Å². The summed E-state index contributed by atoms with van der Waals surface area (Å²) in [6.07, 6.45) is 71.8. The fraction of sp³-hybridized carbons (Fsp3) is 0.610. The molecule has 0 amide bonds. The average molecular weight is 899 g/mol. The van der Waals surface area contributed by atoms with Crippen LogP contribution in [0.1, 0.15) is 213 Å². The van der Waals surface area contributed by atoms with Crippen molar-refractivity contribution in [2.24, 2.45) is 0 Å². The molecule has 0 saturated heterocycles. The number of esters is 3. The van der Waals surface area contributed by atoms with Crippen molar-refractivity contribution in [2.75, 3.05) is 13.2 Å². The third-order valence-electron chi connectivity index (χ3n) is 10.4. The van der Waals surface area contributed by atoms with Crippen molar-refractivity contribution in [3.8, 4) is 0 Å². The molecule has 0 aliphatic heterocycles. The Balaban J connectivity index is 4.50. The molecular formula is C59H94O6. The van der Waals surface area contributed by atoms with Gasteiger partial charge in [0.1, 0.15) is 13.2 Å². The lowest BCUT2D eigenvalue weighted by Crippen LogP contribution is -2.30. The number of hydrogen-bond donors (Lipinski definition) is 0. The Morgan fingerprint density at radius 3 is 0.969 bits per heavy atom. The lowest BCUT2D eigenvalue weighted by atomic mass is 10.1. The molecule has 0 N–H and O–H groups in total. The molecule has 0 radical (unpaired) electrons. The van der Waals surface area contributed by atoms with Gasteiger partial charge in [0.05, 0.1) is 0 Å². The smallest absolute Gasteiger partial charge is 0.306 e. The van der Waals surface area contributed by atoms with E-state index in [1.807, 2.05) is 0 Å². The number of carbonyl (C=O) groups excluding carboxylic acids is 3. The van der Waals surface area contributed by atoms with Crippen molar-refractivity contribution in [1.29, 1.82) is 0 Å². The van der Waals surface area contributed by atoms with Gasteiger partial charge in [0.15, 0.2) is 6.10 Å². The lowest BCUT2D eigenvalue weighted by Gasteiger charge is -2.18. The van der Waals surface area contributed by atoms with Crippen LogP contribution >= 0.6 is 0 Å². The highest BCUT2D eigenvalue weighted by molar-refractivity contribution is 5.71. The van der Waals surface area contributed by atoms with E-state index < -0.39 is 6.10 Å². The van der Waals surface area contributed by atoms with Crippen LogP contribution in [0.3, 0.4) is 0 Å². The monoisotopic (exact) mass is 899 g/mol. The van der Waals surface area contributed by atoms with Crippen LogP contribution in [0.4, 0.5) is 0 Å². The van der Waals surface area contributed by atoms with E-state index in [-0.39, 0.29) is 37.5 Å². The number of hydrogen-bond acceptors (Lipinski definition) is 6. The molecule has 0 aromatic heterocycles. The van der Waals surface area contributed by atoms with Crippen molar-refractivity contribution in [3.63, 3.8) is 0 Å². The summed E-state index contributed by atoms with van der Waals surface area (Å²) >= 11 is 0. The molecule has 0 aromatic rings. The number of rotatable bonds is 45. The molecule has 0 bridgehead atoms. The summed E-state index contributed by atoms with van der Waals surface area (Å²) in [6, 6.07) is 0. The van der Waals surface area contributed by atoms with Crippen molar-refractivity contribution < 1.29 is 28.6 Å². The van der Waals surface area contributed by atoms with E-state index in [1.54, 1.807) is 0 Å². The molecule has 0 fully saturated rings. The predicted molar refractivity (Wildman–Crippen MR) is 279 cm³/mol. The number of allylic oxidation sites excluding steroid dienone is 20. The normalized spacial score (nSPS) is 13.1. The molecule has 1 atom stereocenters. The van der Waals surface area contributed by atoms with Gasteiger partial charge in [0.25, 0.3) is 0 Å². The Morgan fingerprint density at radius 1 is 0.323 bits per heavy atom. The Labute approximate surface area is 399 Å². The van der Waals surface area contributed by atoms with Crippen LogP contribution in [0, 0.1) is 0 Å². The molecule has 0 saturated carbocycles. The fourth-order valence-electron chi connectivity index (χ4n) is 6.58. The fourth-order valence-corrected chi connectivity index (χ4v) is 6.58. The molecule has 0 heterocycles. The second-order valence-corrected chi connectivity index (χ2v) is 16.7. The Morgan fingerprint density at radius 2 is 0.600 bits per heavy atom. The maximum atomic E-state index is 12.8. The predicted octanol–water partition coefficient (Wildman–Crippen LogP) is 17.3. The summed E-state index contributed by atoms with van der Waals surface area (Å²) in [5.41, 5.74) is 0. The maximum Gasteiger partial charge on any atom is 0.306 e. The molecule has 6 heteroatoms. The minimum atomic E-state index is -0.815. The van der Waals surface area contributed by atoms with Gasteiger partial charge in [-0.05, 0) is 122 Å². The van der Waals surface area contributed by atoms with Crippen LogP contribution in [-0.2, 0) is 28.6 Å². The number of ether oxygens (including phenoxy) is 3. The van der Waals surface area contributed by atoms with Crippen LogP contribution in [-0.4, -0.2) is 37.2 Å². The van der Waals surface area contributed by atoms with Crippen molar-refractivity contribution in [2.45, 2.75) is 219 Å². The van der Waals surface area contributed by atoms with Gasteiger partial charge < -0.3 is 14.2 Å². The summed E-state index contributed by atoms with van der Waals surface area (Å²) in [4.78, 5) is 38.0. The van der Waals surface area contributed by atoms with Crippen LogP contribution < -0.4 is 0 Å². The molecule has 0 aromatic carbocycles. The molecule has 1 unspecified atom stereocenters. The van der Waals surface area contributed by atoms with Crippen molar-refractivity contribution in [1.82, 2.24) is 0 Å². The Bertz CT molecular complexity index is 1400. The SMILES string of the molecule is CC/C=C\C/C=C\C/C=C\C/C=C\CCCCCCCCC(=O)OCC(COC(=O)CCCCCCC/C=C\C/C=C\CCC)OC(=O)CCCC/C=C\C/C=C\C/C=C\C/C=C\CC. The molecule has 0 aliphatic rings. The van der Waals surface area contributed by atoms with Gasteiger partial charge in [0.2, 0.25) is 0 Å².